The first kappa shape index (κ1) is 22.9. The topological polar surface area (TPSA) is 97.3 Å². The molecule has 0 aliphatic heterocycles. The van der Waals surface area contributed by atoms with Gasteiger partial charge in [-0.3, -0.25) is 0 Å². The van der Waals surface area contributed by atoms with Gasteiger partial charge >= 0.3 is 12.1 Å². The first-order chi connectivity index (χ1) is 13.5. The van der Waals surface area contributed by atoms with Crippen molar-refractivity contribution in [2.75, 3.05) is 5.73 Å². The van der Waals surface area contributed by atoms with Crippen LogP contribution in [0.4, 0.5) is 24.5 Å². The average Bonchev–Trinajstić information content (AvgIpc) is 2.65. The fraction of sp³-hybridized carbons (Fsp3) is 0.167. The van der Waals surface area contributed by atoms with E-state index in [1.807, 2.05) is 0 Å². The van der Waals surface area contributed by atoms with Crippen LogP contribution in [0.25, 0.3) is 0 Å². The number of nitrogens with two attached hydrogens (primary N) is 1. The molecule has 29 heavy (non-hydrogen) atoms. The minimum absolute atomic E-state index is 0.0362. The summed E-state index contributed by atoms with van der Waals surface area (Å²) in [5.74, 6) is -3.91. The van der Waals surface area contributed by atoms with Crippen LogP contribution < -0.4 is 10.5 Å². The van der Waals surface area contributed by atoms with Gasteiger partial charge in [-0.25, -0.2) is 4.79 Å². The number of hydrogen-bond acceptors (Lipinski definition) is 6. The molecule has 0 aliphatic carbocycles. The van der Waals surface area contributed by atoms with Crippen LogP contribution in [-0.2, 0) is 11.2 Å². The number of azo groups is 1. The van der Waals surface area contributed by atoms with E-state index in [1.165, 1.54) is 18.2 Å². The molecule has 0 fully saturated rings. The second-order valence-corrected chi connectivity index (χ2v) is 7.33. The van der Waals surface area contributed by atoms with E-state index in [-0.39, 0.29) is 17.1 Å². The van der Waals surface area contributed by atoms with Gasteiger partial charge in [0.15, 0.2) is 5.75 Å². The number of halogens is 5. The number of aliphatic hydroxyl groups is 1. The summed E-state index contributed by atoms with van der Waals surface area (Å²) in [5, 5.41) is 16.4. The van der Waals surface area contributed by atoms with Crippen molar-refractivity contribution < 1.29 is 27.8 Å². The lowest BCUT2D eigenvalue weighted by Crippen LogP contribution is -2.20. The van der Waals surface area contributed by atoms with Crippen molar-refractivity contribution in [1.82, 2.24) is 0 Å². The zero-order valence-corrected chi connectivity index (χ0v) is 18.0. The van der Waals surface area contributed by atoms with Crippen molar-refractivity contribution in [3.63, 3.8) is 0 Å². The quantitative estimate of drug-likeness (QED) is 0.116. The second-order valence-electron chi connectivity index (χ2n) is 5.56. The van der Waals surface area contributed by atoms with E-state index in [4.69, 9.17) is 10.5 Å². The number of nitrogen functional groups attached to an aromatic ring is 1. The van der Waals surface area contributed by atoms with Crippen LogP contribution in [0, 0.1) is 0 Å². The lowest BCUT2D eigenvalue weighted by atomic mass is 10.1. The van der Waals surface area contributed by atoms with Crippen molar-refractivity contribution >= 4 is 49.2 Å². The zero-order valence-electron chi connectivity index (χ0n) is 14.8. The number of carbonyl (C=O) groups excluding carboxylic acids is 1. The molecule has 0 aliphatic rings. The van der Waals surface area contributed by atoms with Gasteiger partial charge in [0.25, 0.3) is 0 Å². The molecule has 2 aromatic rings. The molecule has 6 nitrogen and oxygen atoms in total. The molecular formula is C18H14Br2F3N3O3. The van der Waals surface area contributed by atoms with E-state index < -0.39 is 23.6 Å². The Morgan fingerprint density at radius 2 is 1.79 bits per heavy atom. The molecule has 3 N–H and O–H groups in total. The molecule has 0 atom stereocenters. The molecule has 11 heteroatoms. The zero-order chi connectivity index (χ0) is 21.8. The highest BCUT2D eigenvalue weighted by Gasteiger charge is 2.40. The monoisotopic (exact) mass is 535 g/mol. The predicted octanol–water partition coefficient (Wildman–Crippen LogP) is 6.38. The summed E-state index contributed by atoms with van der Waals surface area (Å²) in [6, 6.07) is 9.08. The third-order valence-corrected chi connectivity index (χ3v) is 4.83. The summed E-state index contributed by atoms with van der Waals surface area (Å²) >= 11 is 6.46. The third kappa shape index (κ3) is 5.80. The summed E-state index contributed by atoms with van der Waals surface area (Å²) in [6.45, 7) is 1.74. The predicted molar refractivity (Wildman–Crippen MR) is 108 cm³/mol. The van der Waals surface area contributed by atoms with Crippen LogP contribution in [0.1, 0.15) is 12.5 Å². The molecule has 0 unspecified atom stereocenters. The Morgan fingerprint density at radius 1 is 1.17 bits per heavy atom. The number of alkyl halides is 3. The van der Waals surface area contributed by atoms with E-state index in [2.05, 4.69) is 42.1 Å². The van der Waals surface area contributed by atoms with Crippen LogP contribution in [0.15, 0.2) is 67.0 Å². The maximum absolute atomic E-state index is 13.0. The standard InChI is InChI=1S/C18H14Br2F3N3O3/c1-2-11-12(20)7-8-13(24)15(11)29-17(28)14(16(27)18(21,22)23)26-25-10-5-3-9(19)4-6-10/h3-8,27H,2,24H2,1H3/b16-14+,26-25?. The summed E-state index contributed by atoms with van der Waals surface area (Å²) in [6.07, 6.45) is -4.86. The van der Waals surface area contributed by atoms with Gasteiger partial charge in [-0.1, -0.05) is 38.8 Å². The van der Waals surface area contributed by atoms with E-state index in [1.54, 1.807) is 25.1 Å². The van der Waals surface area contributed by atoms with Crippen LogP contribution in [-0.4, -0.2) is 17.3 Å². The summed E-state index contributed by atoms with van der Waals surface area (Å²) in [5.41, 5.74) is 5.06. The van der Waals surface area contributed by atoms with Crippen molar-refractivity contribution in [2.45, 2.75) is 19.5 Å². The lowest BCUT2D eigenvalue weighted by Gasteiger charge is -2.14. The SMILES string of the molecule is CCc1c(Br)ccc(N)c1OC(=O)/C(N=Nc1ccc(Br)cc1)=C(\O)C(F)(F)F. The molecule has 0 bridgehead atoms. The highest BCUT2D eigenvalue weighted by molar-refractivity contribution is 9.10. The first-order valence-corrected chi connectivity index (χ1v) is 9.60. The van der Waals surface area contributed by atoms with Crippen molar-refractivity contribution in [2.24, 2.45) is 10.2 Å². The summed E-state index contributed by atoms with van der Waals surface area (Å²) in [4.78, 5) is 12.4. The fourth-order valence-electron chi connectivity index (χ4n) is 2.15. The Kier molecular flexibility index (Phi) is 7.42. The third-order valence-electron chi connectivity index (χ3n) is 3.56. The van der Waals surface area contributed by atoms with Crippen molar-refractivity contribution in [3.05, 3.63) is 62.4 Å². The smallest absolute Gasteiger partial charge is 0.451 e. The molecular weight excluding hydrogens is 523 g/mol. The molecule has 0 aromatic heterocycles. The van der Waals surface area contributed by atoms with Crippen molar-refractivity contribution in [3.8, 4) is 5.75 Å². The van der Waals surface area contributed by atoms with Gasteiger partial charge in [0.1, 0.15) is 0 Å². The Hall–Kier alpha value is -2.40. The highest BCUT2D eigenvalue weighted by Crippen LogP contribution is 2.35. The number of allylic oxidation sites excluding steroid dienone is 1. The Balaban J connectivity index is 2.46. The van der Waals surface area contributed by atoms with Crippen LogP contribution in [0.2, 0.25) is 0 Å². The van der Waals surface area contributed by atoms with Crippen molar-refractivity contribution in [1.29, 1.82) is 0 Å². The fourth-order valence-corrected chi connectivity index (χ4v) is 3.00. The van der Waals surface area contributed by atoms with Gasteiger partial charge in [-0.2, -0.15) is 18.3 Å². The normalized spacial score (nSPS) is 12.8. The Labute approximate surface area is 180 Å². The number of esters is 1. The number of ether oxygens (including phenoxy) is 1. The summed E-state index contributed by atoms with van der Waals surface area (Å²) < 4.78 is 45.4. The molecule has 154 valence electrons. The van der Waals surface area contributed by atoms with Gasteiger partial charge in [-0.15, -0.1) is 5.11 Å². The van der Waals surface area contributed by atoms with E-state index in [9.17, 15) is 23.1 Å². The summed E-state index contributed by atoms with van der Waals surface area (Å²) in [7, 11) is 0. The number of anilines is 1. The minimum atomic E-state index is -5.23. The van der Waals surface area contributed by atoms with E-state index in [0.717, 1.165) is 0 Å². The molecule has 0 radical (unpaired) electrons. The van der Waals surface area contributed by atoms with Gasteiger partial charge in [-0.05, 0) is 42.8 Å². The van der Waals surface area contributed by atoms with Gasteiger partial charge in [0.05, 0.1) is 11.4 Å². The number of benzene rings is 2. The molecule has 0 amide bonds. The molecule has 2 rings (SSSR count). The number of nitrogens with zero attached hydrogens (tertiary/aromatic N) is 2. The van der Waals surface area contributed by atoms with Gasteiger partial charge in [0.2, 0.25) is 11.5 Å². The molecule has 0 saturated carbocycles. The second kappa shape index (κ2) is 9.40. The number of hydrogen-bond donors (Lipinski definition) is 2. The lowest BCUT2D eigenvalue weighted by molar-refractivity contribution is -0.136. The van der Waals surface area contributed by atoms with Gasteiger partial charge < -0.3 is 15.6 Å². The minimum Gasteiger partial charge on any atom is -0.502 e. The van der Waals surface area contributed by atoms with E-state index in [0.29, 0.717) is 20.9 Å². The molecule has 0 spiro atoms. The highest BCUT2D eigenvalue weighted by atomic mass is 79.9. The first-order valence-electron chi connectivity index (χ1n) is 8.01. The largest absolute Gasteiger partial charge is 0.502 e. The average molecular weight is 537 g/mol. The van der Waals surface area contributed by atoms with Gasteiger partial charge in [0, 0.05) is 14.5 Å². The molecule has 0 saturated heterocycles. The number of carbonyl (C=O) groups is 1. The number of rotatable bonds is 5. The van der Waals surface area contributed by atoms with Crippen LogP contribution in [0.3, 0.4) is 0 Å². The maximum Gasteiger partial charge on any atom is 0.451 e. The van der Waals surface area contributed by atoms with Crippen LogP contribution >= 0.6 is 31.9 Å². The number of aliphatic hydroxyl groups excluding tert-OH is 1. The Morgan fingerprint density at radius 3 is 2.34 bits per heavy atom. The van der Waals surface area contributed by atoms with E-state index >= 15 is 0 Å². The molecule has 2 aromatic carbocycles. The van der Waals surface area contributed by atoms with Crippen LogP contribution in [0.5, 0.6) is 5.75 Å². The molecule has 0 heterocycles. The Bertz CT molecular complexity index is 975. The maximum atomic E-state index is 13.0.